The fraction of sp³-hybridized carbons (Fsp3) is 0.746. The van der Waals surface area contributed by atoms with E-state index in [1.807, 2.05) is 0 Å². The second-order valence-electron chi connectivity index (χ2n) is 18.1. The zero-order valence-electron chi connectivity index (χ0n) is 42.7. The van der Waals surface area contributed by atoms with Crippen LogP contribution in [-0.2, 0) is 28.6 Å². The molecule has 0 saturated carbocycles. The van der Waals surface area contributed by atoms with Crippen LogP contribution in [0.2, 0.25) is 0 Å². The normalized spacial score (nSPS) is 12.6. The van der Waals surface area contributed by atoms with Gasteiger partial charge in [-0.3, -0.25) is 14.4 Å². The summed E-state index contributed by atoms with van der Waals surface area (Å²) >= 11 is 0. The minimum atomic E-state index is -0.802. The minimum Gasteiger partial charge on any atom is -0.462 e. The van der Waals surface area contributed by atoms with Crippen LogP contribution in [0.25, 0.3) is 0 Å². The molecule has 0 fully saturated rings. The van der Waals surface area contributed by atoms with E-state index in [9.17, 15) is 14.4 Å². The van der Waals surface area contributed by atoms with Gasteiger partial charge in [0.15, 0.2) is 6.10 Å². The molecule has 0 rings (SSSR count). The highest BCUT2D eigenvalue weighted by Crippen LogP contribution is 2.14. The van der Waals surface area contributed by atoms with Gasteiger partial charge in [-0.2, -0.15) is 0 Å². The molecule has 0 N–H and O–H groups in total. The Balaban J connectivity index is 4.48. The van der Waals surface area contributed by atoms with Crippen molar-refractivity contribution in [3.8, 4) is 0 Å². The van der Waals surface area contributed by atoms with Gasteiger partial charge < -0.3 is 14.2 Å². The van der Waals surface area contributed by atoms with Crippen molar-refractivity contribution in [1.29, 1.82) is 0 Å². The molecule has 0 aromatic carbocycles. The number of unbranched alkanes of at least 4 members (excludes halogenated alkanes) is 26. The second-order valence-corrected chi connectivity index (χ2v) is 18.1. The molecule has 0 aliphatic heterocycles. The van der Waals surface area contributed by atoms with E-state index >= 15 is 0 Å². The number of carbonyl (C=O) groups is 3. The highest BCUT2D eigenvalue weighted by Gasteiger charge is 2.19. The van der Waals surface area contributed by atoms with Crippen LogP contribution in [0.1, 0.15) is 265 Å². The highest BCUT2D eigenvalue weighted by atomic mass is 16.6. The summed E-state index contributed by atoms with van der Waals surface area (Å²) in [5.41, 5.74) is 0. The smallest absolute Gasteiger partial charge is 0.306 e. The van der Waals surface area contributed by atoms with Crippen LogP contribution in [0.15, 0.2) is 72.9 Å². The van der Waals surface area contributed by atoms with Gasteiger partial charge in [-0.05, 0) is 109 Å². The van der Waals surface area contributed by atoms with E-state index in [-0.39, 0.29) is 37.5 Å². The molecule has 0 amide bonds. The standard InChI is InChI=1S/C59H102O6/c1-4-7-10-13-16-19-22-25-28-29-32-34-37-40-43-46-49-52-58(61)64-55-56(65-59(62)53-50-47-44-41-38-35-31-27-24-21-18-15-12-9-6-3)54-63-57(60)51-48-45-42-39-36-33-30-26-23-20-17-14-11-8-5-2/h16,19,21,24-26,28,30,32,34,40,43,56H,4-15,17-18,20,22-23,27,29,31,33,35-39,41-42,44-55H2,1-3H3/b19-16-,24-21-,28-25-,30-26-,34-32-,43-40-/t56-/m0/s1. The Morgan fingerprint density at radius 1 is 0.308 bits per heavy atom. The molecule has 65 heavy (non-hydrogen) atoms. The molecule has 0 bridgehead atoms. The van der Waals surface area contributed by atoms with Gasteiger partial charge in [0.1, 0.15) is 13.2 Å². The average Bonchev–Trinajstić information content (AvgIpc) is 3.30. The zero-order chi connectivity index (χ0) is 47.2. The van der Waals surface area contributed by atoms with E-state index in [1.165, 1.54) is 148 Å². The molecule has 0 aromatic heterocycles. The largest absolute Gasteiger partial charge is 0.462 e. The predicted octanol–water partition coefficient (Wildman–Crippen LogP) is 18.2. The molecule has 0 saturated heterocycles. The molecule has 1 atom stereocenters. The Kier molecular flexibility index (Phi) is 50.9. The maximum atomic E-state index is 12.8. The monoisotopic (exact) mass is 907 g/mol. The first-order valence-corrected chi connectivity index (χ1v) is 27.4. The van der Waals surface area contributed by atoms with Crippen LogP contribution < -0.4 is 0 Å². The van der Waals surface area contributed by atoms with Gasteiger partial charge in [-0.1, -0.05) is 209 Å². The second kappa shape index (κ2) is 53.5. The molecule has 6 heteroatoms. The first-order valence-electron chi connectivity index (χ1n) is 27.4. The topological polar surface area (TPSA) is 78.9 Å². The van der Waals surface area contributed by atoms with Crippen molar-refractivity contribution < 1.29 is 28.6 Å². The van der Waals surface area contributed by atoms with Crippen LogP contribution in [0.3, 0.4) is 0 Å². The fourth-order valence-electron chi connectivity index (χ4n) is 7.48. The SMILES string of the molecule is CCCCC/C=C\C/C=C\C/C=C\C/C=C\CCCC(=O)OC[C@H](COC(=O)CCCCCCC/C=C\CCCCCCCC)OC(=O)CCCCCCCCC/C=C\CCCCCC. The van der Waals surface area contributed by atoms with Gasteiger partial charge in [0.05, 0.1) is 0 Å². The molecule has 0 unspecified atom stereocenters. The van der Waals surface area contributed by atoms with Crippen molar-refractivity contribution in [2.45, 2.75) is 271 Å². The summed E-state index contributed by atoms with van der Waals surface area (Å²) in [4.78, 5) is 38.0. The Labute approximate surface area is 402 Å². The Morgan fingerprint density at radius 2 is 0.569 bits per heavy atom. The van der Waals surface area contributed by atoms with Gasteiger partial charge in [0.2, 0.25) is 0 Å². The van der Waals surface area contributed by atoms with Crippen LogP contribution in [-0.4, -0.2) is 37.2 Å². The summed E-state index contributed by atoms with van der Waals surface area (Å²) in [6.07, 6.45) is 67.4. The first kappa shape index (κ1) is 61.9. The molecule has 0 aliphatic rings. The third-order valence-corrected chi connectivity index (χ3v) is 11.7. The molecule has 0 aliphatic carbocycles. The fourth-order valence-corrected chi connectivity index (χ4v) is 7.48. The highest BCUT2D eigenvalue weighted by molar-refractivity contribution is 5.71. The van der Waals surface area contributed by atoms with E-state index in [1.54, 1.807) is 0 Å². The summed E-state index contributed by atoms with van der Waals surface area (Å²) in [5.74, 6) is -0.964. The molecule has 0 radical (unpaired) electrons. The number of ether oxygens (including phenoxy) is 3. The van der Waals surface area contributed by atoms with E-state index in [0.29, 0.717) is 19.3 Å². The van der Waals surface area contributed by atoms with Crippen LogP contribution in [0.5, 0.6) is 0 Å². The maximum absolute atomic E-state index is 12.8. The lowest BCUT2D eigenvalue weighted by molar-refractivity contribution is -0.167. The van der Waals surface area contributed by atoms with E-state index in [4.69, 9.17) is 14.2 Å². The summed E-state index contributed by atoms with van der Waals surface area (Å²) in [5, 5.41) is 0. The number of allylic oxidation sites excluding steroid dienone is 12. The van der Waals surface area contributed by atoms with Gasteiger partial charge >= 0.3 is 17.9 Å². The number of esters is 3. The summed E-state index contributed by atoms with van der Waals surface area (Å²) in [7, 11) is 0. The van der Waals surface area contributed by atoms with E-state index in [2.05, 4.69) is 93.7 Å². The Hall–Kier alpha value is -3.15. The Morgan fingerprint density at radius 3 is 0.985 bits per heavy atom. The van der Waals surface area contributed by atoms with Crippen LogP contribution in [0, 0.1) is 0 Å². The lowest BCUT2D eigenvalue weighted by atomic mass is 10.1. The lowest BCUT2D eigenvalue weighted by Gasteiger charge is -2.18. The Bertz CT molecular complexity index is 1230. The summed E-state index contributed by atoms with van der Waals surface area (Å²) in [6.45, 7) is 6.54. The third-order valence-electron chi connectivity index (χ3n) is 11.7. The van der Waals surface area contributed by atoms with Crippen molar-refractivity contribution in [2.24, 2.45) is 0 Å². The van der Waals surface area contributed by atoms with Crippen molar-refractivity contribution in [3.05, 3.63) is 72.9 Å². The summed E-state index contributed by atoms with van der Waals surface area (Å²) < 4.78 is 16.8. The van der Waals surface area contributed by atoms with Crippen molar-refractivity contribution in [2.75, 3.05) is 13.2 Å². The van der Waals surface area contributed by atoms with Crippen LogP contribution >= 0.6 is 0 Å². The third kappa shape index (κ3) is 51.7. The minimum absolute atomic E-state index is 0.0980. The van der Waals surface area contributed by atoms with Gasteiger partial charge in [-0.25, -0.2) is 0 Å². The lowest BCUT2D eigenvalue weighted by Crippen LogP contribution is -2.30. The van der Waals surface area contributed by atoms with Gasteiger partial charge in [0.25, 0.3) is 0 Å². The number of rotatable bonds is 49. The van der Waals surface area contributed by atoms with Crippen LogP contribution in [0.4, 0.5) is 0 Å². The maximum Gasteiger partial charge on any atom is 0.306 e. The number of carbonyl (C=O) groups excluding carboxylic acids is 3. The summed E-state index contributed by atoms with van der Waals surface area (Å²) in [6, 6.07) is 0. The molecule has 374 valence electrons. The molecule has 0 heterocycles. The van der Waals surface area contributed by atoms with Crippen molar-refractivity contribution >= 4 is 17.9 Å². The predicted molar refractivity (Wildman–Crippen MR) is 279 cm³/mol. The van der Waals surface area contributed by atoms with E-state index in [0.717, 1.165) is 70.6 Å². The van der Waals surface area contributed by atoms with Gasteiger partial charge in [0, 0.05) is 19.3 Å². The van der Waals surface area contributed by atoms with E-state index < -0.39 is 6.10 Å². The van der Waals surface area contributed by atoms with Crippen molar-refractivity contribution in [3.63, 3.8) is 0 Å². The zero-order valence-corrected chi connectivity index (χ0v) is 42.7. The molecular weight excluding hydrogens is 805 g/mol. The molecule has 0 aromatic rings. The number of hydrogen-bond acceptors (Lipinski definition) is 6. The first-order chi connectivity index (χ1) is 32.0. The van der Waals surface area contributed by atoms with Crippen molar-refractivity contribution in [1.82, 2.24) is 0 Å². The molecular formula is C59H102O6. The van der Waals surface area contributed by atoms with Gasteiger partial charge in [-0.15, -0.1) is 0 Å². The molecule has 0 spiro atoms. The molecule has 6 nitrogen and oxygen atoms in total. The average molecular weight is 907 g/mol. The quantitative estimate of drug-likeness (QED) is 0.0262. The number of hydrogen-bond donors (Lipinski definition) is 0.